The molecule has 1 aromatic heterocycles. The molecule has 2 aliphatic heterocycles. The third kappa shape index (κ3) is 3.37. The number of pyridine rings is 1. The van der Waals surface area contributed by atoms with Gasteiger partial charge in [-0.3, -0.25) is 9.88 Å². The fourth-order valence-corrected chi connectivity index (χ4v) is 3.91. The molecule has 6 heteroatoms. The summed E-state index contributed by atoms with van der Waals surface area (Å²) in [7, 11) is 0. The second kappa shape index (κ2) is 7.30. The number of fused-ring (bicyclic) bond motifs is 2. The van der Waals surface area contributed by atoms with Crippen molar-refractivity contribution in [1.29, 1.82) is 0 Å². The molecule has 28 heavy (non-hydrogen) atoms. The Labute approximate surface area is 163 Å². The van der Waals surface area contributed by atoms with E-state index in [4.69, 9.17) is 14.2 Å². The molecule has 1 fully saturated rings. The molecule has 0 amide bonds. The molecule has 0 spiro atoms. The lowest BCUT2D eigenvalue weighted by Crippen LogP contribution is -2.48. The zero-order chi connectivity index (χ0) is 18.9. The molecule has 2 aromatic carbocycles. The monoisotopic (exact) mass is 378 g/mol. The molecule has 0 radical (unpaired) electrons. The third-order valence-corrected chi connectivity index (χ3v) is 5.34. The van der Waals surface area contributed by atoms with Gasteiger partial charge in [0.25, 0.3) is 0 Å². The molecule has 6 nitrogen and oxygen atoms in total. The van der Waals surface area contributed by atoms with Gasteiger partial charge in [0.1, 0.15) is 18.0 Å². The summed E-state index contributed by atoms with van der Waals surface area (Å²) in [4.78, 5) is 6.59. The topological polar surface area (TPSA) is 64.1 Å². The quantitative estimate of drug-likeness (QED) is 0.753. The minimum atomic E-state index is -0.554. The highest BCUT2D eigenvalue weighted by atomic mass is 16.7. The number of rotatable bonds is 4. The van der Waals surface area contributed by atoms with Crippen molar-refractivity contribution in [2.24, 2.45) is 0 Å². The number of aromatic nitrogens is 1. The number of piperidine rings is 1. The van der Waals surface area contributed by atoms with Gasteiger partial charge in [0.05, 0.1) is 5.52 Å². The molecule has 144 valence electrons. The Bertz CT molecular complexity index is 993. The number of hydrogen-bond donors (Lipinski definition) is 1. The van der Waals surface area contributed by atoms with Crippen LogP contribution in [0.4, 0.5) is 0 Å². The van der Waals surface area contributed by atoms with E-state index in [1.54, 1.807) is 6.20 Å². The van der Waals surface area contributed by atoms with Gasteiger partial charge in [-0.1, -0.05) is 18.2 Å². The second-order valence-electron chi connectivity index (χ2n) is 7.26. The minimum Gasteiger partial charge on any atom is -0.488 e. The number of aliphatic hydroxyl groups is 1. The van der Waals surface area contributed by atoms with E-state index in [0.29, 0.717) is 6.54 Å². The molecule has 0 aliphatic carbocycles. The van der Waals surface area contributed by atoms with Crippen molar-refractivity contribution in [2.45, 2.75) is 25.2 Å². The van der Waals surface area contributed by atoms with E-state index in [-0.39, 0.29) is 12.9 Å². The number of hydrogen-bond acceptors (Lipinski definition) is 6. The molecule has 2 atom stereocenters. The molecular weight excluding hydrogens is 356 g/mol. The summed E-state index contributed by atoms with van der Waals surface area (Å²) in [5, 5.41) is 11.7. The average molecular weight is 378 g/mol. The number of β-amino-alcohol motifs (C(OH)–C–C–N with tert-alkyl or cyclic N) is 1. The van der Waals surface area contributed by atoms with Gasteiger partial charge in [0.2, 0.25) is 6.79 Å². The van der Waals surface area contributed by atoms with Crippen molar-refractivity contribution in [1.82, 2.24) is 9.88 Å². The van der Waals surface area contributed by atoms with Crippen LogP contribution in [0.5, 0.6) is 17.2 Å². The van der Waals surface area contributed by atoms with Crippen LogP contribution in [-0.2, 0) is 6.54 Å². The Morgan fingerprint density at radius 1 is 1.14 bits per heavy atom. The molecule has 1 N–H and O–H groups in total. The molecule has 1 saturated heterocycles. The lowest BCUT2D eigenvalue weighted by Gasteiger charge is -2.36. The van der Waals surface area contributed by atoms with E-state index < -0.39 is 6.10 Å². The molecular formula is C22H22N2O4. The van der Waals surface area contributed by atoms with E-state index in [9.17, 15) is 5.11 Å². The highest BCUT2D eigenvalue weighted by molar-refractivity contribution is 5.79. The van der Waals surface area contributed by atoms with Gasteiger partial charge >= 0.3 is 0 Å². The number of ether oxygens (including phenoxy) is 3. The summed E-state index contributed by atoms with van der Waals surface area (Å²) in [6.07, 6.45) is 1.75. The summed E-state index contributed by atoms with van der Waals surface area (Å²) in [5.41, 5.74) is 1.98. The molecule has 0 unspecified atom stereocenters. The zero-order valence-electron chi connectivity index (χ0n) is 15.5. The summed E-state index contributed by atoms with van der Waals surface area (Å²) >= 11 is 0. The zero-order valence-corrected chi connectivity index (χ0v) is 15.5. The predicted molar refractivity (Wildman–Crippen MR) is 105 cm³/mol. The van der Waals surface area contributed by atoms with Crippen LogP contribution < -0.4 is 14.2 Å². The Morgan fingerprint density at radius 2 is 2.11 bits per heavy atom. The van der Waals surface area contributed by atoms with Crippen molar-refractivity contribution in [3.63, 3.8) is 0 Å². The van der Waals surface area contributed by atoms with E-state index >= 15 is 0 Å². The van der Waals surface area contributed by atoms with Gasteiger partial charge in [-0.25, -0.2) is 0 Å². The normalized spacial score (nSPS) is 21.8. The predicted octanol–water partition coefficient (Wildman–Crippen LogP) is 2.98. The van der Waals surface area contributed by atoms with Crippen molar-refractivity contribution in [3.8, 4) is 17.2 Å². The van der Waals surface area contributed by atoms with Crippen molar-refractivity contribution in [3.05, 3.63) is 60.3 Å². The SMILES string of the molecule is O[C@@H]1CN(Cc2cccc3c2OCO3)CC[C@H]1Oc1ccc2cccnc2c1. The smallest absolute Gasteiger partial charge is 0.231 e. The van der Waals surface area contributed by atoms with Gasteiger partial charge < -0.3 is 19.3 Å². The molecule has 0 saturated carbocycles. The first-order valence-corrected chi connectivity index (χ1v) is 9.55. The summed E-state index contributed by atoms with van der Waals surface area (Å²) in [5.74, 6) is 2.36. The van der Waals surface area contributed by atoms with Gasteiger partial charge in [0.15, 0.2) is 11.5 Å². The van der Waals surface area contributed by atoms with Gasteiger partial charge in [-0.05, 0) is 30.7 Å². The van der Waals surface area contributed by atoms with Crippen LogP contribution >= 0.6 is 0 Å². The highest BCUT2D eigenvalue weighted by Crippen LogP contribution is 2.36. The van der Waals surface area contributed by atoms with Crippen LogP contribution in [0.2, 0.25) is 0 Å². The first kappa shape index (κ1) is 17.3. The fraction of sp³-hybridized carbons (Fsp3) is 0.318. The number of benzene rings is 2. The van der Waals surface area contributed by atoms with E-state index in [0.717, 1.165) is 53.2 Å². The Kier molecular flexibility index (Phi) is 4.50. The maximum atomic E-state index is 10.6. The largest absolute Gasteiger partial charge is 0.488 e. The lowest BCUT2D eigenvalue weighted by molar-refractivity contribution is -0.0276. The minimum absolute atomic E-state index is 0.224. The van der Waals surface area contributed by atoms with Crippen LogP contribution in [0.25, 0.3) is 10.9 Å². The van der Waals surface area contributed by atoms with E-state index in [1.165, 1.54) is 0 Å². The molecule has 3 aromatic rings. The van der Waals surface area contributed by atoms with Crippen LogP contribution in [-0.4, -0.2) is 47.1 Å². The molecule has 3 heterocycles. The van der Waals surface area contributed by atoms with Crippen LogP contribution in [0, 0.1) is 0 Å². The van der Waals surface area contributed by atoms with Crippen molar-refractivity contribution >= 4 is 10.9 Å². The van der Waals surface area contributed by atoms with Gasteiger partial charge in [-0.15, -0.1) is 0 Å². The second-order valence-corrected chi connectivity index (χ2v) is 7.26. The Hall–Kier alpha value is -2.83. The maximum absolute atomic E-state index is 10.6. The maximum Gasteiger partial charge on any atom is 0.231 e. The number of para-hydroxylation sites is 1. The van der Waals surface area contributed by atoms with E-state index in [2.05, 4.69) is 9.88 Å². The Balaban J connectivity index is 1.24. The van der Waals surface area contributed by atoms with Crippen LogP contribution in [0.3, 0.4) is 0 Å². The summed E-state index contributed by atoms with van der Waals surface area (Å²) in [6.45, 7) is 2.39. The first-order chi connectivity index (χ1) is 13.8. The number of likely N-dealkylation sites (tertiary alicyclic amines) is 1. The molecule has 0 bridgehead atoms. The van der Waals surface area contributed by atoms with E-state index in [1.807, 2.05) is 48.5 Å². The van der Waals surface area contributed by atoms with Gasteiger partial charge in [-0.2, -0.15) is 0 Å². The highest BCUT2D eigenvalue weighted by Gasteiger charge is 2.30. The molecule has 5 rings (SSSR count). The summed E-state index contributed by atoms with van der Waals surface area (Å²) < 4.78 is 17.1. The van der Waals surface area contributed by atoms with Crippen LogP contribution in [0.1, 0.15) is 12.0 Å². The van der Waals surface area contributed by atoms with Crippen LogP contribution in [0.15, 0.2) is 54.7 Å². The molecule has 2 aliphatic rings. The first-order valence-electron chi connectivity index (χ1n) is 9.55. The third-order valence-electron chi connectivity index (χ3n) is 5.34. The number of aliphatic hydroxyl groups excluding tert-OH is 1. The standard InChI is InChI=1S/C22H22N2O4/c25-19-13-24(12-16-3-1-5-21-22(16)27-14-26-21)10-8-20(19)28-17-7-6-15-4-2-9-23-18(15)11-17/h1-7,9,11,19-20,25H,8,10,12-14H2/t19-,20-/m1/s1. The Morgan fingerprint density at radius 3 is 3.04 bits per heavy atom. The number of nitrogens with zero attached hydrogens (tertiary/aromatic N) is 2. The summed E-state index contributed by atoms with van der Waals surface area (Å²) in [6, 6.07) is 15.7. The lowest BCUT2D eigenvalue weighted by atomic mass is 10.0. The van der Waals surface area contributed by atoms with Gasteiger partial charge in [0, 0.05) is 42.8 Å². The fourth-order valence-electron chi connectivity index (χ4n) is 3.91. The van der Waals surface area contributed by atoms with Crippen molar-refractivity contribution < 1.29 is 19.3 Å². The average Bonchev–Trinajstić information content (AvgIpc) is 3.20. The van der Waals surface area contributed by atoms with Crippen molar-refractivity contribution in [2.75, 3.05) is 19.9 Å².